The van der Waals surface area contributed by atoms with Crippen LogP contribution in [0.5, 0.6) is 0 Å². The van der Waals surface area contributed by atoms with Crippen molar-refractivity contribution >= 4 is 16.2 Å². The van der Waals surface area contributed by atoms with Crippen LogP contribution in [0.2, 0.25) is 0 Å². The molecule has 0 saturated heterocycles. The fraction of sp³-hybridized carbons (Fsp3) is 0.923. The lowest BCUT2D eigenvalue weighted by molar-refractivity contribution is -0.145. The Kier molecular flexibility index (Phi) is 6.42. The average molecular weight is 306 g/mol. The summed E-state index contributed by atoms with van der Waals surface area (Å²) in [4.78, 5) is 11.4. The minimum absolute atomic E-state index is 0.0737. The number of esters is 1. The van der Waals surface area contributed by atoms with Gasteiger partial charge in [-0.3, -0.25) is 4.79 Å². The summed E-state index contributed by atoms with van der Waals surface area (Å²) in [7, 11) is 0.928. The van der Waals surface area contributed by atoms with Crippen molar-refractivity contribution < 1.29 is 17.9 Å². The lowest BCUT2D eigenvalue weighted by Gasteiger charge is -2.33. The Morgan fingerprint density at radius 1 is 1.25 bits per heavy atom. The van der Waals surface area contributed by atoms with Gasteiger partial charge in [-0.25, -0.2) is 0 Å². The Balaban J connectivity index is 2.68. The molecular weight excluding hydrogens is 280 g/mol. The SMILES string of the molecule is COC(=O)C(C)CN(C)S(=O)(=O)N(C)C1CCCCC1. The molecule has 6 nitrogen and oxygen atoms in total. The normalized spacial score (nSPS) is 19.3. The van der Waals surface area contributed by atoms with Gasteiger partial charge < -0.3 is 4.74 Å². The zero-order chi connectivity index (χ0) is 15.3. The summed E-state index contributed by atoms with van der Waals surface area (Å²) in [5, 5.41) is 0. The maximum Gasteiger partial charge on any atom is 0.309 e. The number of carbonyl (C=O) groups is 1. The molecule has 1 aliphatic rings. The number of ether oxygens (including phenoxy) is 1. The lowest BCUT2D eigenvalue weighted by Crippen LogP contribution is -2.47. The van der Waals surface area contributed by atoms with Gasteiger partial charge >= 0.3 is 5.97 Å². The molecule has 1 fully saturated rings. The summed E-state index contributed by atoms with van der Waals surface area (Å²) >= 11 is 0. The van der Waals surface area contributed by atoms with Crippen LogP contribution in [0.3, 0.4) is 0 Å². The van der Waals surface area contributed by atoms with E-state index in [2.05, 4.69) is 4.74 Å². The van der Waals surface area contributed by atoms with Gasteiger partial charge in [-0.1, -0.05) is 26.2 Å². The third kappa shape index (κ3) is 4.17. The van der Waals surface area contributed by atoms with Gasteiger partial charge in [0, 0.05) is 26.7 Å². The van der Waals surface area contributed by atoms with Crippen LogP contribution < -0.4 is 0 Å². The highest BCUT2D eigenvalue weighted by molar-refractivity contribution is 7.86. The zero-order valence-electron chi connectivity index (χ0n) is 12.8. The van der Waals surface area contributed by atoms with Gasteiger partial charge in [-0.05, 0) is 12.8 Å². The highest BCUT2D eigenvalue weighted by Gasteiger charge is 2.32. The number of carbonyl (C=O) groups excluding carboxylic acids is 1. The summed E-state index contributed by atoms with van der Waals surface area (Å²) in [5.74, 6) is -0.869. The van der Waals surface area contributed by atoms with Gasteiger partial charge in [0.25, 0.3) is 10.2 Å². The molecule has 20 heavy (non-hydrogen) atoms. The summed E-state index contributed by atoms with van der Waals surface area (Å²) in [6, 6.07) is 0.0737. The minimum Gasteiger partial charge on any atom is -0.469 e. The highest BCUT2D eigenvalue weighted by atomic mass is 32.2. The van der Waals surface area contributed by atoms with Crippen LogP contribution in [0.4, 0.5) is 0 Å². The van der Waals surface area contributed by atoms with Crippen molar-refractivity contribution in [1.82, 2.24) is 8.61 Å². The second kappa shape index (κ2) is 7.38. The third-order valence-electron chi connectivity index (χ3n) is 3.98. The van der Waals surface area contributed by atoms with Crippen LogP contribution >= 0.6 is 0 Å². The number of rotatable bonds is 6. The molecule has 1 aliphatic carbocycles. The van der Waals surface area contributed by atoms with Gasteiger partial charge in [0.2, 0.25) is 0 Å². The monoisotopic (exact) mass is 306 g/mol. The molecule has 118 valence electrons. The number of methoxy groups -OCH3 is 1. The van der Waals surface area contributed by atoms with Crippen LogP contribution in [0.25, 0.3) is 0 Å². The highest BCUT2D eigenvalue weighted by Crippen LogP contribution is 2.24. The average Bonchev–Trinajstić information content (AvgIpc) is 2.46. The van der Waals surface area contributed by atoms with Crippen LogP contribution in [0.15, 0.2) is 0 Å². The maximum atomic E-state index is 12.5. The first-order chi connectivity index (χ1) is 9.30. The van der Waals surface area contributed by atoms with Crippen LogP contribution in [-0.4, -0.2) is 56.8 Å². The lowest BCUT2D eigenvalue weighted by atomic mass is 9.96. The van der Waals surface area contributed by atoms with Crippen LogP contribution in [-0.2, 0) is 19.7 Å². The van der Waals surface area contributed by atoms with Crippen molar-refractivity contribution in [3.05, 3.63) is 0 Å². The smallest absolute Gasteiger partial charge is 0.309 e. The van der Waals surface area contributed by atoms with Crippen molar-refractivity contribution in [1.29, 1.82) is 0 Å². The molecule has 0 spiro atoms. The fourth-order valence-corrected chi connectivity index (χ4v) is 4.05. The standard InChI is InChI=1S/C13H26N2O4S/c1-11(13(16)19-4)10-14(2)20(17,18)15(3)12-8-6-5-7-9-12/h11-12H,5-10H2,1-4H3. The van der Waals surface area contributed by atoms with E-state index in [1.54, 1.807) is 14.0 Å². The third-order valence-corrected chi connectivity index (χ3v) is 5.94. The van der Waals surface area contributed by atoms with Gasteiger partial charge in [0.05, 0.1) is 13.0 Å². The van der Waals surface area contributed by atoms with Crippen LogP contribution in [0.1, 0.15) is 39.0 Å². The van der Waals surface area contributed by atoms with Gasteiger partial charge in [-0.2, -0.15) is 17.0 Å². The van der Waals surface area contributed by atoms with E-state index in [9.17, 15) is 13.2 Å². The minimum atomic E-state index is -3.52. The quantitative estimate of drug-likeness (QED) is 0.692. The molecule has 7 heteroatoms. The zero-order valence-corrected chi connectivity index (χ0v) is 13.6. The molecule has 0 heterocycles. The Morgan fingerprint density at radius 2 is 1.80 bits per heavy atom. The predicted octanol–water partition coefficient (Wildman–Crippen LogP) is 1.24. The predicted molar refractivity (Wildman–Crippen MR) is 77.4 cm³/mol. The molecule has 0 N–H and O–H groups in total. The topological polar surface area (TPSA) is 66.9 Å². The molecule has 0 aromatic carbocycles. The molecule has 1 rings (SSSR count). The molecule has 1 atom stereocenters. The first-order valence-electron chi connectivity index (χ1n) is 7.07. The Bertz CT molecular complexity index is 418. The first-order valence-corrected chi connectivity index (χ1v) is 8.47. The molecule has 0 bridgehead atoms. The Hall–Kier alpha value is -0.660. The summed E-state index contributed by atoms with van der Waals surface area (Å²) in [6.07, 6.45) is 5.16. The molecular formula is C13H26N2O4S. The number of nitrogens with zero attached hydrogens (tertiary/aromatic N) is 2. The second-order valence-electron chi connectivity index (χ2n) is 5.52. The largest absolute Gasteiger partial charge is 0.469 e. The second-order valence-corrected chi connectivity index (χ2v) is 7.62. The van der Waals surface area contributed by atoms with E-state index in [0.29, 0.717) is 0 Å². The van der Waals surface area contributed by atoms with E-state index in [1.807, 2.05) is 0 Å². The number of hydrogen-bond acceptors (Lipinski definition) is 4. The van der Waals surface area contributed by atoms with E-state index < -0.39 is 22.1 Å². The van der Waals surface area contributed by atoms with Crippen molar-refractivity contribution in [3.63, 3.8) is 0 Å². The Morgan fingerprint density at radius 3 is 2.30 bits per heavy atom. The molecule has 0 aliphatic heterocycles. The van der Waals surface area contributed by atoms with Crippen molar-refractivity contribution in [3.8, 4) is 0 Å². The summed E-state index contributed by atoms with van der Waals surface area (Å²) in [5.41, 5.74) is 0. The number of hydrogen-bond donors (Lipinski definition) is 0. The summed E-state index contributed by atoms with van der Waals surface area (Å²) in [6.45, 7) is 1.80. The first kappa shape index (κ1) is 17.4. The molecule has 0 amide bonds. The van der Waals surface area contributed by atoms with E-state index in [-0.39, 0.29) is 12.6 Å². The fourth-order valence-electron chi connectivity index (χ4n) is 2.61. The maximum absolute atomic E-state index is 12.5. The van der Waals surface area contributed by atoms with E-state index in [0.717, 1.165) is 25.7 Å². The van der Waals surface area contributed by atoms with Gasteiger partial charge in [0.15, 0.2) is 0 Å². The summed E-state index contributed by atoms with van der Waals surface area (Å²) < 4.78 is 32.3. The van der Waals surface area contributed by atoms with E-state index in [1.165, 1.54) is 29.2 Å². The van der Waals surface area contributed by atoms with E-state index in [4.69, 9.17) is 0 Å². The van der Waals surface area contributed by atoms with Gasteiger partial charge in [-0.15, -0.1) is 0 Å². The Labute approximate surface area is 122 Å². The van der Waals surface area contributed by atoms with Gasteiger partial charge in [0.1, 0.15) is 0 Å². The molecule has 1 saturated carbocycles. The van der Waals surface area contributed by atoms with Crippen LogP contribution in [0, 0.1) is 5.92 Å². The van der Waals surface area contributed by atoms with Crippen molar-refractivity contribution in [2.24, 2.45) is 5.92 Å². The van der Waals surface area contributed by atoms with Crippen molar-refractivity contribution in [2.75, 3.05) is 27.7 Å². The molecule has 0 aromatic heterocycles. The molecule has 0 radical (unpaired) electrons. The van der Waals surface area contributed by atoms with E-state index >= 15 is 0 Å². The molecule has 0 aromatic rings. The van der Waals surface area contributed by atoms with Crippen molar-refractivity contribution in [2.45, 2.75) is 45.1 Å². The molecule has 1 unspecified atom stereocenters.